The summed E-state index contributed by atoms with van der Waals surface area (Å²) in [7, 11) is -3.27. The largest absolute Gasteiger partial charge is 0.277 e. The second-order valence-corrected chi connectivity index (χ2v) is 11.4. The number of thiophene rings is 1. The van der Waals surface area contributed by atoms with Gasteiger partial charge in [0.15, 0.2) is 9.84 Å². The van der Waals surface area contributed by atoms with Crippen LogP contribution in [0.15, 0.2) is 76.2 Å². The average molecular weight is 479 g/mol. The Balaban J connectivity index is 1.63. The van der Waals surface area contributed by atoms with Crippen LogP contribution in [0.25, 0.3) is 43.9 Å². The van der Waals surface area contributed by atoms with Crippen molar-refractivity contribution in [3.05, 3.63) is 67.1 Å². The number of thioether (sulfide) groups is 1. The highest BCUT2D eigenvalue weighted by Gasteiger charge is 2.16. The highest BCUT2D eigenvalue weighted by molar-refractivity contribution is 7.98. The molecule has 0 spiro atoms. The quantitative estimate of drug-likeness (QED) is 0.334. The molecule has 0 unspecified atom stereocenters. The zero-order valence-corrected chi connectivity index (χ0v) is 19.7. The summed E-state index contributed by atoms with van der Waals surface area (Å²) in [5, 5.41) is 8.26. The van der Waals surface area contributed by atoms with Crippen molar-refractivity contribution < 1.29 is 8.42 Å². The van der Waals surface area contributed by atoms with Crippen LogP contribution in [0.4, 0.5) is 0 Å². The van der Waals surface area contributed by atoms with Crippen molar-refractivity contribution in [2.24, 2.45) is 0 Å². The van der Waals surface area contributed by atoms with Crippen molar-refractivity contribution in [1.82, 2.24) is 20.2 Å². The smallest absolute Gasteiger partial charge is 0.184 e. The van der Waals surface area contributed by atoms with Gasteiger partial charge >= 0.3 is 0 Å². The molecule has 0 aliphatic rings. The van der Waals surface area contributed by atoms with Gasteiger partial charge in [-0.2, -0.15) is 5.10 Å². The molecule has 5 rings (SSSR count). The average Bonchev–Trinajstić information content (AvgIpc) is 3.48. The zero-order chi connectivity index (χ0) is 22.3. The van der Waals surface area contributed by atoms with E-state index in [4.69, 9.17) is 0 Å². The van der Waals surface area contributed by atoms with E-state index in [1.807, 2.05) is 24.4 Å². The molecule has 0 amide bonds. The predicted molar refractivity (Wildman–Crippen MR) is 131 cm³/mol. The molecule has 0 atom stereocenters. The van der Waals surface area contributed by atoms with Crippen LogP contribution in [0.5, 0.6) is 0 Å². The first-order valence-electron chi connectivity index (χ1n) is 9.67. The lowest BCUT2D eigenvalue weighted by Crippen LogP contribution is -1.92. The van der Waals surface area contributed by atoms with Crippen LogP contribution in [0, 0.1) is 0 Å². The minimum Gasteiger partial charge on any atom is -0.277 e. The second kappa shape index (κ2) is 8.16. The first-order valence-corrected chi connectivity index (χ1v) is 13.6. The molecule has 32 heavy (non-hydrogen) atoms. The Kier molecular flexibility index (Phi) is 5.32. The lowest BCUT2D eigenvalue weighted by molar-refractivity contribution is 0.604. The van der Waals surface area contributed by atoms with Gasteiger partial charge in [-0.05, 0) is 48.2 Å². The standard InChI is InChI=1S/C23H18N4O2S3/c1-30-16-6-3-14(4-7-16)22-18(12-26-27-22)15-5-8-19-17(11-15)23(25-13-24-19)20-9-10-21(31-20)32(2,28)29/h3-13H,1-2H3,(H,26,27). The normalized spacial score (nSPS) is 11.8. The van der Waals surface area contributed by atoms with E-state index in [2.05, 4.69) is 50.7 Å². The van der Waals surface area contributed by atoms with Gasteiger partial charge in [0.1, 0.15) is 10.5 Å². The molecule has 0 saturated carbocycles. The molecular formula is C23H18N4O2S3. The number of nitrogens with one attached hydrogen (secondary N) is 1. The summed E-state index contributed by atoms with van der Waals surface area (Å²) in [6, 6.07) is 17.8. The van der Waals surface area contributed by atoms with Crippen molar-refractivity contribution >= 4 is 43.8 Å². The Morgan fingerprint density at radius 1 is 0.969 bits per heavy atom. The number of nitrogens with zero attached hydrogens (tertiary/aromatic N) is 3. The van der Waals surface area contributed by atoms with E-state index >= 15 is 0 Å². The van der Waals surface area contributed by atoms with Crippen molar-refractivity contribution in [3.63, 3.8) is 0 Å². The van der Waals surface area contributed by atoms with Crippen molar-refractivity contribution in [1.29, 1.82) is 0 Å². The van der Waals surface area contributed by atoms with E-state index in [1.165, 1.54) is 28.8 Å². The van der Waals surface area contributed by atoms with Crippen LogP contribution in [0.1, 0.15) is 0 Å². The summed E-state index contributed by atoms with van der Waals surface area (Å²) < 4.78 is 24.2. The van der Waals surface area contributed by atoms with E-state index in [9.17, 15) is 8.42 Å². The lowest BCUT2D eigenvalue weighted by Gasteiger charge is -2.08. The summed E-state index contributed by atoms with van der Waals surface area (Å²) in [6.45, 7) is 0. The number of H-pyrrole nitrogens is 1. The molecule has 3 aromatic heterocycles. The zero-order valence-electron chi connectivity index (χ0n) is 17.2. The van der Waals surface area contributed by atoms with Crippen LogP contribution in [-0.2, 0) is 9.84 Å². The third kappa shape index (κ3) is 3.83. The molecule has 0 saturated heterocycles. The highest BCUT2D eigenvalue weighted by atomic mass is 32.2. The molecule has 0 aliphatic heterocycles. The molecule has 160 valence electrons. The van der Waals surface area contributed by atoms with Crippen LogP contribution >= 0.6 is 23.1 Å². The monoisotopic (exact) mass is 478 g/mol. The van der Waals surface area contributed by atoms with Gasteiger partial charge in [0, 0.05) is 27.7 Å². The Morgan fingerprint density at radius 2 is 1.75 bits per heavy atom. The van der Waals surface area contributed by atoms with Crippen molar-refractivity contribution in [2.45, 2.75) is 9.10 Å². The summed E-state index contributed by atoms with van der Waals surface area (Å²) in [5.41, 5.74) is 5.45. The van der Waals surface area contributed by atoms with E-state index in [1.54, 1.807) is 23.9 Å². The molecular weight excluding hydrogens is 460 g/mol. The topological polar surface area (TPSA) is 88.6 Å². The van der Waals surface area contributed by atoms with Gasteiger partial charge in [-0.15, -0.1) is 23.1 Å². The second-order valence-electron chi connectivity index (χ2n) is 7.23. The number of fused-ring (bicyclic) bond motifs is 1. The van der Waals surface area contributed by atoms with E-state index in [0.29, 0.717) is 9.90 Å². The predicted octanol–water partition coefficient (Wildman–Crippen LogP) is 5.54. The fraction of sp³-hybridized carbons (Fsp3) is 0.0870. The number of sulfone groups is 1. The van der Waals surface area contributed by atoms with E-state index < -0.39 is 9.84 Å². The molecule has 0 radical (unpaired) electrons. The molecule has 6 nitrogen and oxygen atoms in total. The van der Waals surface area contributed by atoms with Gasteiger partial charge in [0.05, 0.1) is 28.0 Å². The third-order valence-electron chi connectivity index (χ3n) is 5.14. The third-order valence-corrected chi connectivity index (χ3v) is 8.80. The maximum Gasteiger partial charge on any atom is 0.184 e. The van der Waals surface area contributed by atoms with Crippen LogP contribution in [0.2, 0.25) is 0 Å². The van der Waals surface area contributed by atoms with E-state index in [-0.39, 0.29) is 0 Å². The first-order chi connectivity index (χ1) is 15.4. The molecule has 5 aromatic rings. The minimum absolute atomic E-state index is 0.321. The van der Waals surface area contributed by atoms with Gasteiger partial charge in [0.2, 0.25) is 0 Å². The molecule has 1 N–H and O–H groups in total. The Hall–Kier alpha value is -3.01. The van der Waals surface area contributed by atoms with E-state index in [0.717, 1.165) is 38.2 Å². The number of aromatic amines is 1. The lowest BCUT2D eigenvalue weighted by atomic mass is 9.99. The van der Waals surface area contributed by atoms with Gasteiger partial charge < -0.3 is 0 Å². The number of rotatable bonds is 5. The summed E-state index contributed by atoms with van der Waals surface area (Å²) in [4.78, 5) is 10.9. The van der Waals surface area contributed by atoms with Gasteiger partial charge in [-0.1, -0.05) is 18.2 Å². The molecule has 0 aliphatic carbocycles. The molecule has 0 fully saturated rings. The summed E-state index contributed by atoms with van der Waals surface area (Å²) >= 11 is 2.92. The van der Waals surface area contributed by atoms with Gasteiger partial charge in [-0.3, -0.25) is 5.10 Å². The van der Waals surface area contributed by atoms with Crippen molar-refractivity contribution in [3.8, 4) is 33.0 Å². The SMILES string of the molecule is CSc1ccc(-c2[nH]ncc2-c2ccc3ncnc(-c4ccc(S(C)(=O)=O)s4)c3c2)cc1. The van der Waals surface area contributed by atoms with Crippen molar-refractivity contribution in [2.75, 3.05) is 12.5 Å². The Morgan fingerprint density at radius 3 is 2.47 bits per heavy atom. The number of aromatic nitrogens is 4. The molecule has 0 bridgehead atoms. The van der Waals surface area contributed by atoms with Crippen LogP contribution < -0.4 is 0 Å². The molecule has 3 heterocycles. The maximum atomic E-state index is 11.9. The summed E-state index contributed by atoms with van der Waals surface area (Å²) in [6.07, 6.45) is 6.59. The number of hydrogen-bond acceptors (Lipinski definition) is 7. The van der Waals surface area contributed by atoms with Gasteiger partial charge in [-0.25, -0.2) is 18.4 Å². The number of benzene rings is 2. The van der Waals surface area contributed by atoms with Gasteiger partial charge in [0.25, 0.3) is 0 Å². The highest BCUT2D eigenvalue weighted by Crippen LogP contribution is 2.37. The number of hydrogen-bond donors (Lipinski definition) is 1. The maximum absolute atomic E-state index is 11.9. The fourth-order valence-electron chi connectivity index (χ4n) is 3.55. The summed E-state index contributed by atoms with van der Waals surface area (Å²) in [5.74, 6) is 0. The Labute approximate surface area is 193 Å². The Bertz CT molecular complexity index is 1540. The first kappa shape index (κ1) is 20.9. The fourth-order valence-corrected chi connectivity index (χ4v) is 5.90. The van der Waals surface area contributed by atoms with Crippen LogP contribution in [-0.4, -0.2) is 41.1 Å². The van der Waals surface area contributed by atoms with Crippen LogP contribution in [0.3, 0.4) is 0 Å². The molecule has 2 aromatic carbocycles. The molecule has 9 heteroatoms. The minimum atomic E-state index is -3.27.